The molecule has 0 spiro atoms. The second kappa shape index (κ2) is 7.77. The molecular formula is C20H21N5O3. The van der Waals surface area contributed by atoms with Crippen molar-refractivity contribution in [2.24, 2.45) is 5.92 Å². The Bertz CT molecular complexity index is 978. The number of imidazole rings is 1. The van der Waals surface area contributed by atoms with Crippen LogP contribution in [0.25, 0.3) is 5.82 Å². The minimum Gasteiger partial charge on any atom is -0.439 e. The standard InChI is InChI=1S/C20H21N5O3/c1-13-14(2)25(12-23-13)18-9-19(22-11-21-18)28-17-5-3-16(4-6-17)24-20(26)15-7-8-27-10-15/h3-6,9,11-12,15H,7-8,10H2,1-2H3,(H,24,26). The van der Waals surface area contributed by atoms with E-state index in [1.54, 1.807) is 36.7 Å². The maximum absolute atomic E-state index is 12.1. The van der Waals surface area contributed by atoms with E-state index in [9.17, 15) is 4.79 Å². The SMILES string of the molecule is Cc1ncn(-c2cc(Oc3ccc(NC(=O)C4CCOC4)cc3)ncn2)c1C. The molecule has 1 N–H and O–H groups in total. The first-order valence-electron chi connectivity index (χ1n) is 9.09. The van der Waals surface area contributed by atoms with Crippen molar-refractivity contribution in [1.82, 2.24) is 19.5 Å². The van der Waals surface area contributed by atoms with Crippen LogP contribution in [0.1, 0.15) is 17.8 Å². The molecule has 1 aromatic carbocycles. The summed E-state index contributed by atoms with van der Waals surface area (Å²) >= 11 is 0. The number of anilines is 1. The summed E-state index contributed by atoms with van der Waals surface area (Å²) in [4.78, 5) is 24.9. The Morgan fingerprint density at radius 2 is 2.04 bits per heavy atom. The molecule has 1 aliphatic rings. The molecule has 0 radical (unpaired) electrons. The zero-order chi connectivity index (χ0) is 19.5. The maximum Gasteiger partial charge on any atom is 0.229 e. The number of aryl methyl sites for hydroxylation is 1. The van der Waals surface area contributed by atoms with Crippen LogP contribution in [0.5, 0.6) is 11.6 Å². The van der Waals surface area contributed by atoms with Gasteiger partial charge in [0.1, 0.15) is 24.2 Å². The summed E-state index contributed by atoms with van der Waals surface area (Å²) in [6.07, 6.45) is 3.94. The summed E-state index contributed by atoms with van der Waals surface area (Å²) in [5.41, 5.74) is 2.68. The normalized spacial score (nSPS) is 16.1. The van der Waals surface area contributed by atoms with Crippen LogP contribution in [-0.2, 0) is 9.53 Å². The molecule has 1 atom stereocenters. The predicted octanol–water partition coefficient (Wildman–Crippen LogP) is 3.05. The third-order valence-electron chi connectivity index (χ3n) is 4.77. The topological polar surface area (TPSA) is 91.2 Å². The molecule has 1 fully saturated rings. The summed E-state index contributed by atoms with van der Waals surface area (Å²) in [7, 11) is 0. The molecule has 0 aliphatic carbocycles. The van der Waals surface area contributed by atoms with Crippen molar-refractivity contribution in [2.45, 2.75) is 20.3 Å². The van der Waals surface area contributed by atoms with E-state index in [0.717, 1.165) is 23.5 Å². The van der Waals surface area contributed by atoms with E-state index in [0.29, 0.717) is 30.7 Å². The van der Waals surface area contributed by atoms with Gasteiger partial charge in [-0.2, -0.15) is 0 Å². The molecule has 8 heteroatoms. The molecule has 4 rings (SSSR count). The second-order valence-corrected chi connectivity index (χ2v) is 6.68. The first kappa shape index (κ1) is 18.1. The van der Waals surface area contributed by atoms with E-state index in [-0.39, 0.29) is 11.8 Å². The third kappa shape index (κ3) is 3.86. The number of ether oxygens (including phenoxy) is 2. The lowest BCUT2D eigenvalue weighted by Gasteiger charge is -2.11. The third-order valence-corrected chi connectivity index (χ3v) is 4.77. The Morgan fingerprint density at radius 1 is 1.21 bits per heavy atom. The average molecular weight is 379 g/mol. The molecule has 1 unspecified atom stereocenters. The van der Waals surface area contributed by atoms with Crippen LogP contribution in [-0.4, -0.2) is 38.6 Å². The second-order valence-electron chi connectivity index (χ2n) is 6.68. The molecule has 8 nitrogen and oxygen atoms in total. The quantitative estimate of drug-likeness (QED) is 0.733. The first-order valence-corrected chi connectivity index (χ1v) is 9.09. The van der Waals surface area contributed by atoms with Gasteiger partial charge in [-0.25, -0.2) is 15.0 Å². The average Bonchev–Trinajstić information content (AvgIpc) is 3.35. The number of hydrogen-bond donors (Lipinski definition) is 1. The van der Waals surface area contributed by atoms with Gasteiger partial charge in [0, 0.05) is 24.1 Å². The minimum atomic E-state index is -0.0781. The van der Waals surface area contributed by atoms with Crippen molar-refractivity contribution < 1.29 is 14.3 Å². The van der Waals surface area contributed by atoms with E-state index in [1.807, 2.05) is 18.4 Å². The monoisotopic (exact) mass is 379 g/mol. The Morgan fingerprint density at radius 3 is 2.71 bits per heavy atom. The van der Waals surface area contributed by atoms with Crippen LogP contribution >= 0.6 is 0 Å². The molecule has 1 aliphatic heterocycles. The van der Waals surface area contributed by atoms with Crippen molar-refractivity contribution in [3.63, 3.8) is 0 Å². The fourth-order valence-electron chi connectivity index (χ4n) is 2.96. The van der Waals surface area contributed by atoms with Crippen molar-refractivity contribution >= 4 is 11.6 Å². The predicted molar refractivity (Wildman–Crippen MR) is 103 cm³/mol. The fourth-order valence-corrected chi connectivity index (χ4v) is 2.96. The molecule has 28 heavy (non-hydrogen) atoms. The van der Waals surface area contributed by atoms with Crippen molar-refractivity contribution in [3.05, 3.63) is 54.4 Å². The molecule has 3 aromatic rings. The van der Waals surface area contributed by atoms with E-state index < -0.39 is 0 Å². The molecule has 144 valence electrons. The fraction of sp³-hybridized carbons (Fsp3) is 0.300. The number of nitrogens with one attached hydrogen (secondary N) is 1. The van der Waals surface area contributed by atoms with Gasteiger partial charge in [-0.15, -0.1) is 0 Å². The Balaban J connectivity index is 1.44. The van der Waals surface area contributed by atoms with Gasteiger partial charge in [-0.05, 0) is 44.5 Å². The smallest absolute Gasteiger partial charge is 0.229 e. The summed E-state index contributed by atoms with van der Waals surface area (Å²) in [6, 6.07) is 8.93. The van der Waals surface area contributed by atoms with Gasteiger partial charge in [0.25, 0.3) is 0 Å². The number of amides is 1. The molecule has 1 amide bonds. The Kier molecular flexibility index (Phi) is 5.03. The van der Waals surface area contributed by atoms with Crippen molar-refractivity contribution in [3.8, 4) is 17.4 Å². The molecule has 0 bridgehead atoms. The number of carbonyl (C=O) groups is 1. The largest absolute Gasteiger partial charge is 0.439 e. The molecule has 1 saturated heterocycles. The summed E-state index contributed by atoms with van der Waals surface area (Å²) in [6.45, 7) is 5.06. The summed E-state index contributed by atoms with van der Waals surface area (Å²) in [5, 5.41) is 2.90. The number of carbonyl (C=O) groups excluding carboxylic acids is 1. The molecule has 0 saturated carbocycles. The van der Waals surface area contributed by atoms with E-state index in [2.05, 4.69) is 20.3 Å². The zero-order valence-corrected chi connectivity index (χ0v) is 15.8. The van der Waals surface area contributed by atoms with Crippen molar-refractivity contribution in [1.29, 1.82) is 0 Å². The zero-order valence-electron chi connectivity index (χ0n) is 15.8. The Labute approximate surface area is 162 Å². The highest BCUT2D eigenvalue weighted by Crippen LogP contribution is 2.24. The minimum absolute atomic E-state index is 0.0161. The first-order chi connectivity index (χ1) is 13.6. The van der Waals surface area contributed by atoms with Crippen LogP contribution in [0.4, 0.5) is 5.69 Å². The highest BCUT2D eigenvalue weighted by molar-refractivity contribution is 5.92. The maximum atomic E-state index is 12.1. The van der Waals surface area contributed by atoms with Crippen LogP contribution in [0.2, 0.25) is 0 Å². The van der Waals surface area contributed by atoms with Gasteiger partial charge in [0.15, 0.2) is 0 Å². The number of rotatable bonds is 5. The lowest BCUT2D eigenvalue weighted by Crippen LogP contribution is -2.22. The van der Waals surface area contributed by atoms with Gasteiger partial charge >= 0.3 is 0 Å². The van der Waals surface area contributed by atoms with Crippen LogP contribution in [0.3, 0.4) is 0 Å². The van der Waals surface area contributed by atoms with E-state index in [4.69, 9.17) is 9.47 Å². The molecule has 2 aromatic heterocycles. The van der Waals surface area contributed by atoms with Gasteiger partial charge in [-0.1, -0.05) is 0 Å². The van der Waals surface area contributed by atoms with Gasteiger partial charge < -0.3 is 14.8 Å². The van der Waals surface area contributed by atoms with E-state index in [1.165, 1.54) is 6.33 Å². The van der Waals surface area contributed by atoms with Crippen LogP contribution in [0.15, 0.2) is 43.0 Å². The number of hydrogen-bond acceptors (Lipinski definition) is 6. The van der Waals surface area contributed by atoms with Crippen LogP contribution in [0, 0.1) is 19.8 Å². The number of benzene rings is 1. The van der Waals surface area contributed by atoms with E-state index >= 15 is 0 Å². The van der Waals surface area contributed by atoms with Gasteiger partial charge in [0.05, 0.1) is 18.2 Å². The lowest BCUT2D eigenvalue weighted by atomic mass is 10.1. The van der Waals surface area contributed by atoms with Crippen LogP contribution < -0.4 is 10.1 Å². The highest BCUT2D eigenvalue weighted by Gasteiger charge is 2.23. The number of nitrogens with zero attached hydrogens (tertiary/aromatic N) is 4. The lowest BCUT2D eigenvalue weighted by molar-refractivity contribution is -0.119. The van der Waals surface area contributed by atoms with Crippen molar-refractivity contribution in [2.75, 3.05) is 18.5 Å². The van der Waals surface area contributed by atoms with Gasteiger partial charge in [-0.3, -0.25) is 9.36 Å². The summed E-state index contributed by atoms with van der Waals surface area (Å²) in [5.74, 6) is 1.63. The van der Waals surface area contributed by atoms with Gasteiger partial charge in [0.2, 0.25) is 11.8 Å². The molecule has 3 heterocycles. The molecular weight excluding hydrogens is 358 g/mol. The highest BCUT2D eigenvalue weighted by atomic mass is 16.5. The summed E-state index contributed by atoms with van der Waals surface area (Å²) < 4.78 is 13.0. The Hall–Kier alpha value is -3.26. The number of aromatic nitrogens is 4.